The molecular formula is C16H14ClN3. The maximum Gasteiger partial charge on any atom is 0.226 e. The largest absolute Gasteiger partial charge is 0.226 e. The molecule has 0 fully saturated rings. The van der Waals surface area contributed by atoms with E-state index in [0.29, 0.717) is 11.6 Å². The number of hydrogen-bond acceptors (Lipinski definition) is 3. The first-order valence-electron chi connectivity index (χ1n) is 6.49. The number of allylic oxidation sites excluding steroid dienone is 4. The summed E-state index contributed by atoms with van der Waals surface area (Å²) in [4.78, 5) is 13.2. The average molecular weight is 284 g/mol. The van der Waals surface area contributed by atoms with E-state index in [-0.39, 0.29) is 10.7 Å². The number of aromatic nitrogens is 3. The summed E-state index contributed by atoms with van der Waals surface area (Å²) >= 11 is 6.08. The zero-order chi connectivity index (χ0) is 14.0. The molecule has 3 nitrogen and oxygen atoms in total. The van der Waals surface area contributed by atoms with Crippen LogP contribution in [-0.2, 0) is 5.41 Å². The van der Waals surface area contributed by atoms with Crippen LogP contribution in [0.5, 0.6) is 0 Å². The molecule has 0 radical (unpaired) electrons. The molecule has 1 aliphatic carbocycles. The number of hydrogen-bond donors (Lipinski definition) is 0. The Morgan fingerprint density at radius 2 is 1.85 bits per heavy atom. The van der Waals surface area contributed by atoms with Crippen LogP contribution in [0.2, 0.25) is 5.28 Å². The molecule has 0 spiro atoms. The van der Waals surface area contributed by atoms with Gasteiger partial charge in [-0.15, -0.1) is 0 Å². The Labute approximate surface area is 123 Å². The molecule has 0 bridgehead atoms. The summed E-state index contributed by atoms with van der Waals surface area (Å²) in [7, 11) is 0. The molecular weight excluding hydrogens is 270 g/mol. The highest BCUT2D eigenvalue weighted by Gasteiger charge is 2.28. The molecule has 0 amide bonds. The summed E-state index contributed by atoms with van der Waals surface area (Å²) in [5, 5.41) is 0.234. The van der Waals surface area contributed by atoms with Gasteiger partial charge in [0.1, 0.15) is 5.82 Å². The zero-order valence-electron chi connectivity index (χ0n) is 11.1. The molecule has 1 atom stereocenters. The monoisotopic (exact) mass is 283 g/mol. The minimum Gasteiger partial charge on any atom is -0.212 e. The van der Waals surface area contributed by atoms with E-state index in [9.17, 15) is 0 Å². The Hall–Kier alpha value is -2.00. The van der Waals surface area contributed by atoms with E-state index in [1.807, 2.05) is 42.5 Å². The van der Waals surface area contributed by atoms with Gasteiger partial charge in [0.25, 0.3) is 0 Å². The lowest BCUT2D eigenvalue weighted by atomic mass is 9.83. The summed E-state index contributed by atoms with van der Waals surface area (Å²) in [5.74, 6) is 1.32. The number of rotatable bonds is 2. The van der Waals surface area contributed by atoms with Crippen molar-refractivity contribution in [2.45, 2.75) is 18.8 Å². The van der Waals surface area contributed by atoms with Crippen LogP contribution in [0, 0.1) is 0 Å². The van der Waals surface area contributed by atoms with Crippen LogP contribution >= 0.6 is 11.6 Å². The molecule has 0 aliphatic heterocycles. The van der Waals surface area contributed by atoms with Gasteiger partial charge in [0.05, 0.1) is 0 Å². The van der Waals surface area contributed by atoms with Gasteiger partial charge in [0.2, 0.25) is 5.28 Å². The predicted octanol–water partition coefficient (Wildman–Crippen LogP) is 3.97. The minimum atomic E-state index is -0.231. The summed E-state index contributed by atoms with van der Waals surface area (Å²) in [5.41, 5.74) is 0.710. The van der Waals surface area contributed by atoms with Crippen molar-refractivity contribution in [3.63, 3.8) is 0 Å². The van der Waals surface area contributed by atoms with Gasteiger partial charge in [0.15, 0.2) is 5.82 Å². The van der Waals surface area contributed by atoms with Gasteiger partial charge in [-0.3, -0.25) is 0 Å². The van der Waals surface area contributed by atoms with Gasteiger partial charge in [-0.1, -0.05) is 54.6 Å². The zero-order valence-corrected chi connectivity index (χ0v) is 11.9. The molecule has 2 aromatic rings. The van der Waals surface area contributed by atoms with Crippen molar-refractivity contribution in [3.8, 4) is 11.4 Å². The lowest BCUT2D eigenvalue weighted by Gasteiger charge is -2.24. The van der Waals surface area contributed by atoms with Crippen LogP contribution < -0.4 is 0 Å². The molecule has 1 aliphatic rings. The Balaban J connectivity index is 2.08. The number of benzene rings is 1. The van der Waals surface area contributed by atoms with E-state index in [1.54, 1.807) is 0 Å². The van der Waals surface area contributed by atoms with E-state index in [4.69, 9.17) is 11.6 Å². The molecule has 0 N–H and O–H groups in total. The van der Waals surface area contributed by atoms with E-state index < -0.39 is 0 Å². The van der Waals surface area contributed by atoms with Crippen molar-refractivity contribution < 1.29 is 0 Å². The number of halogens is 1. The molecule has 0 saturated carbocycles. The Kier molecular flexibility index (Phi) is 3.36. The van der Waals surface area contributed by atoms with Crippen molar-refractivity contribution in [3.05, 3.63) is 65.7 Å². The molecule has 1 unspecified atom stereocenters. The summed E-state index contributed by atoms with van der Waals surface area (Å²) in [6.07, 6.45) is 9.12. The molecule has 3 rings (SSSR count). The lowest BCUT2D eigenvalue weighted by Crippen LogP contribution is -2.23. The first-order chi connectivity index (χ1) is 9.67. The maximum atomic E-state index is 6.08. The van der Waals surface area contributed by atoms with E-state index >= 15 is 0 Å². The molecule has 1 aromatic carbocycles. The molecule has 20 heavy (non-hydrogen) atoms. The van der Waals surface area contributed by atoms with Crippen LogP contribution in [0.3, 0.4) is 0 Å². The third kappa shape index (κ3) is 2.49. The fourth-order valence-corrected chi connectivity index (χ4v) is 2.38. The SMILES string of the molecule is CC1(c2nc(Cl)nc(-c3ccccc3)n2)C=CC=CC1. The highest BCUT2D eigenvalue weighted by molar-refractivity contribution is 6.28. The van der Waals surface area contributed by atoms with Crippen LogP contribution in [-0.4, -0.2) is 15.0 Å². The van der Waals surface area contributed by atoms with Crippen molar-refractivity contribution in [2.75, 3.05) is 0 Å². The van der Waals surface area contributed by atoms with Gasteiger partial charge < -0.3 is 0 Å². The standard InChI is InChI=1S/C16H14ClN3/c1-16(10-6-3-7-11-16)14-18-13(19-15(17)20-14)12-8-4-2-5-9-12/h2-10H,11H2,1H3. The molecule has 1 heterocycles. The normalized spacial score (nSPS) is 21.1. The molecule has 100 valence electrons. The molecule has 0 saturated heterocycles. The Morgan fingerprint density at radius 3 is 2.55 bits per heavy atom. The minimum absolute atomic E-state index is 0.231. The average Bonchev–Trinajstić information content (AvgIpc) is 2.48. The second kappa shape index (κ2) is 5.17. The van der Waals surface area contributed by atoms with Crippen molar-refractivity contribution in [1.29, 1.82) is 0 Å². The Morgan fingerprint density at radius 1 is 1.05 bits per heavy atom. The highest BCUT2D eigenvalue weighted by atomic mass is 35.5. The summed E-state index contributed by atoms with van der Waals surface area (Å²) in [6, 6.07) is 9.81. The second-order valence-electron chi connectivity index (χ2n) is 5.03. The van der Waals surface area contributed by atoms with Gasteiger partial charge in [-0.05, 0) is 24.9 Å². The van der Waals surface area contributed by atoms with Crippen LogP contribution in [0.4, 0.5) is 0 Å². The maximum absolute atomic E-state index is 6.08. The van der Waals surface area contributed by atoms with Crippen LogP contribution in [0.25, 0.3) is 11.4 Å². The highest BCUT2D eigenvalue weighted by Crippen LogP contribution is 2.31. The van der Waals surface area contributed by atoms with E-state index in [1.165, 1.54) is 0 Å². The van der Waals surface area contributed by atoms with E-state index in [0.717, 1.165) is 12.0 Å². The smallest absolute Gasteiger partial charge is 0.212 e. The van der Waals surface area contributed by atoms with Gasteiger partial charge in [0, 0.05) is 11.0 Å². The quantitative estimate of drug-likeness (QED) is 0.837. The summed E-state index contributed by atoms with van der Waals surface area (Å²) < 4.78 is 0. The van der Waals surface area contributed by atoms with Gasteiger partial charge in [-0.2, -0.15) is 4.98 Å². The van der Waals surface area contributed by atoms with Gasteiger partial charge in [-0.25, -0.2) is 9.97 Å². The third-order valence-corrected chi connectivity index (χ3v) is 3.57. The third-order valence-electron chi connectivity index (χ3n) is 3.40. The van der Waals surface area contributed by atoms with Crippen LogP contribution in [0.15, 0.2) is 54.6 Å². The predicted molar refractivity (Wildman–Crippen MR) is 80.5 cm³/mol. The van der Waals surface area contributed by atoms with Crippen molar-refractivity contribution >= 4 is 11.6 Å². The van der Waals surface area contributed by atoms with Crippen molar-refractivity contribution in [2.24, 2.45) is 0 Å². The molecule has 1 aromatic heterocycles. The van der Waals surface area contributed by atoms with E-state index in [2.05, 4.69) is 34.0 Å². The fraction of sp³-hybridized carbons (Fsp3) is 0.188. The first kappa shape index (κ1) is 13.0. The lowest BCUT2D eigenvalue weighted by molar-refractivity contribution is 0.553. The van der Waals surface area contributed by atoms with Gasteiger partial charge >= 0.3 is 0 Å². The fourth-order valence-electron chi connectivity index (χ4n) is 2.22. The molecule has 4 heteroatoms. The Bertz CT molecular complexity index is 679. The number of nitrogens with zero attached hydrogens (tertiary/aromatic N) is 3. The first-order valence-corrected chi connectivity index (χ1v) is 6.87. The van der Waals surface area contributed by atoms with Crippen LogP contribution in [0.1, 0.15) is 19.2 Å². The van der Waals surface area contributed by atoms with Crippen molar-refractivity contribution in [1.82, 2.24) is 15.0 Å². The summed E-state index contributed by atoms with van der Waals surface area (Å²) in [6.45, 7) is 2.10. The topological polar surface area (TPSA) is 38.7 Å². The second-order valence-corrected chi connectivity index (χ2v) is 5.36.